The quantitative estimate of drug-likeness (QED) is 0.462. The first-order valence-corrected chi connectivity index (χ1v) is 4.14. The standard InChI is InChI=1S/2C5H5.C2H5.Ru/c2*1-2-4-5-3-1;1-2;/h2*1-3H,4H2;1H2,2H3;/q3*-1;+3. The molecule has 2 aliphatic rings. The Bertz CT molecular complexity index is 143. The molecule has 0 N–H and O–H groups in total. The fourth-order valence-electron chi connectivity index (χ4n) is 0.680. The second-order valence-electron chi connectivity index (χ2n) is 2.01. The predicted octanol–water partition coefficient (Wildman–Crippen LogP) is 3.45. The summed E-state index contributed by atoms with van der Waals surface area (Å²) in [6.45, 7) is 5.00. The average molecular weight is 260 g/mol. The summed E-state index contributed by atoms with van der Waals surface area (Å²) in [5, 5.41) is 0. The first-order valence-electron chi connectivity index (χ1n) is 4.14. The monoisotopic (exact) mass is 261 g/mol. The molecule has 1 heteroatoms. The summed E-state index contributed by atoms with van der Waals surface area (Å²) in [7, 11) is 0. The van der Waals surface area contributed by atoms with Crippen molar-refractivity contribution in [2.75, 3.05) is 0 Å². The molecule has 0 aromatic rings. The second kappa shape index (κ2) is 14.1. The smallest absolute Gasteiger partial charge is 0.346 e. The third kappa shape index (κ3) is 11.6. The van der Waals surface area contributed by atoms with Gasteiger partial charge in [-0.1, -0.05) is 0 Å². The van der Waals surface area contributed by atoms with Crippen molar-refractivity contribution >= 4 is 0 Å². The summed E-state index contributed by atoms with van der Waals surface area (Å²) in [5.74, 6) is 0. The van der Waals surface area contributed by atoms with Gasteiger partial charge in [0.25, 0.3) is 0 Å². The van der Waals surface area contributed by atoms with E-state index in [4.69, 9.17) is 0 Å². The molecule has 0 fully saturated rings. The Hall–Kier alpha value is -0.417. The summed E-state index contributed by atoms with van der Waals surface area (Å²) in [6.07, 6.45) is 20.0. The molecule has 1 radical (unpaired) electrons. The van der Waals surface area contributed by atoms with Crippen molar-refractivity contribution in [3.8, 4) is 0 Å². The Balaban J connectivity index is 0. The summed E-state index contributed by atoms with van der Waals surface area (Å²) >= 11 is 0. The van der Waals surface area contributed by atoms with E-state index in [1.165, 1.54) is 0 Å². The van der Waals surface area contributed by atoms with Gasteiger partial charge in [0.05, 0.1) is 0 Å². The Labute approximate surface area is 94.9 Å². The molecule has 0 heterocycles. The van der Waals surface area contributed by atoms with Crippen LogP contribution in [0.2, 0.25) is 0 Å². The molecule has 2 rings (SSSR count). The summed E-state index contributed by atoms with van der Waals surface area (Å²) in [5.41, 5.74) is 0. The van der Waals surface area contributed by atoms with Gasteiger partial charge in [-0.05, 0) is 0 Å². The van der Waals surface area contributed by atoms with E-state index >= 15 is 0 Å². The number of hydrogen-bond donors (Lipinski definition) is 0. The first kappa shape index (κ1) is 15.1. The summed E-state index contributed by atoms with van der Waals surface area (Å²) in [6, 6.07) is 0. The van der Waals surface area contributed by atoms with Crippen LogP contribution in [0, 0.1) is 19.1 Å². The Morgan fingerprint density at radius 1 is 0.923 bits per heavy atom. The molecule has 0 bridgehead atoms. The van der Waals surface area contributed by atoms with Gasteiger partial charge >= 0.3 is 19.5 Å². The summed E-state index contributed by atoms with van der Waals surface area (Å²) < 4.78 is 0. The molecule has 0 aromatic carbocycles. The Morgan fingerprint density at radius 3 is 1.38 bits per heavy atom. The maximum absolute atomic E-state index is 3.25. The van der Waals surface area contributed by atoms with Crippen LogP contribution >= 0.6 is 0 Å². The molecule has 2 aliphatic carbocycles. The van der Waals surface area contributed by atoms with Crippen molar-refractivity contribution in [2.24, 2.45) is 0 Å². The van der Waals surface area contributed by atoms with Crippen LogP contribution in [0.25, 0.3) is 0 Å². The molecular weight excluding hydrogens is 245 g/mol. The van der Waals surface area contributed by atoms with E-state index in [1.807, 2.05) is 24.3 Å². The van der Waals surface area contributed by atoms with Gasteiger partial charge in [0.15, 0.2) is 0 Å². The zero-order valence-corrected chi connectivity index (χ0v) is 9.68. The van der Waals surface area contributed by atoms with Gasteiger partial charge < -0.3 is 6.92 Å². The first-order chi connectivity index (χ1) is 6.00. The molecule has 0 spiro atoms. The molecule has 0 atom stereocenters. The van der Waals surface area contributed by atoms with E-state index in [2.05, 4.69) is 31.2 Å². The molecular formula is C12H15Ru. The van der Waals surface area contributed by atoms with Crippen LogP contribution in [0.1, 0.15) is 19.8 Å². The van der Waals surface area contributed by atoms with Crippen LogP contribution in [-0.4, -0.2) is 0 Å². The maximum atomic E-state index is 3.25. The van der Waals surface area contributed by atoms with Gasteiger partial charge in [-0.2, -0.15) is 19.1 Å². The zero-order valence-electron chi connectivity index (χ0n) is 7.94. The minimum atomic E-state index is 0. The summed E-state index contributed by atoms with van der Waals surface area (Å²) in [4.78, 5) is 0. The van der Waals surface area contributed by atoms with Crippen molar-refractivity contribution in [2.45, 2.75) is 19.8 Å². The number of hydrogen-bond acceptors (Lipinski definition) is 0. The van der Waals surface area contributed by atoms with E-state index in [9.17, 15) is 0 Å². The third-order valence-electron chi connectivity index (χ3n) is 1.17. The van der Waals surface area contributed by atoms with Gasteiger partial charge in [-0.25, -0.2) is 24.3 Å². The fraction of sp³-hybridized carbons (Fsp3) is 0.250. The van der Waals surface area contributed by atoms with Crippen molar-refractivity contribution in [1.29, 1.82) is 0 Å². The van der Waals surface area contributed by atoms with Gasteiger partial charge in [-0.15, -0.1) is 12.8 Å². The molecule has 0 saturated heterocycles. The molecule has 71 valence electrons. The average Bonchev–Trinajstić information content (AvgIpc) is 2.87. The molecule has 0 nitrogen and oxygen atoms in total. The van der Waals surface area contributed by atoms with Crippen molar-refractivity contribution in [3.63, 3.8) is 0 Å². The van der Waals surface area contributed by atoms with E-state index in [0.29, 0.717) is 0 Å². The van der Waals surface area contributed by atoms with Crippen LogP contribution in [-0.2, 0) is 19.5 Å². The minimum Gasteiger partial charge on any atom is -0.346 e. The SMILES string of the molecule is [C-]1=CC=CC1.[C-]1=CC=CC1.[CH2-]C.[Ru+3]. The van der Waals surface area contributed by atoms with Gasteiger partial charge in [0.1, 0.15) is 0 Å². The van der Waals surface area contributed by atoms with Crippen molar-refractivity contribution < 1.29 is 19.5 Å². The van der Waals surface area contributed by atoms with Crippen LogP contribution in [0.15, 0.2) is 36.5 Å². The molecule has 0 amide bonds. The largest absolute Gasteiger partial charge is 3.00 e. The van der Waals surface area contributed by atoms with E-state index in [0.717, 1.165) is 12.8 Å². The molecule has 13 heavy (non-hydrogen) atoms. The van der Waals surface area contributed by atoms with Gasteiger partial charge in [0, 0.05) is 0 Å². The van der Waals surface area contributed by atoms with E-state index in [1.54, 1.807) is 6.92 Å². The molecule has 0 unspecified atom stereocenters. The van der Waals surface area contributed by atoms with Gasteiger partial charge in [-0.3, -0.25) is 12.2 Å². The molecule has 0 saturated carbocycles. The van der Waals surface area contributed by atoms with E-state index < -0.39 is 0 Å². The number of allylic oxidation sites excluding steroid dienone is 8. The Morgan fingerprint density at radius 2 is 1.31 bits per heavy atom. The van der Waals surface area contributed by atoms with Crippen LogP contribution in [0.5, 0.6) is 0 Å². The van der Waals surface area contributed by atoms with Gasteiger partial charge in [0.2, 0.25) is 0 Å². The molecule has 0 aliphatic heterocycles. The normalized spacial score (nSPS) is 14.0. The van der Waals surface area contributed by atoms with Crippen molar-refractivity contribution in [1.82, 2.24) is 0 Å². The van der Waals surface area contributed by atoms with Crippen LogP contribution in [0.3, 0.4) is 0 Å². The topological polar surface area (TPSA) is 0 Å². The Kier molecular flexibility index (Phi) is 16.4. The van der Waals surface area contributed by atoms with Crippen LogP contribution < -0.4 is 0 Å². The second-order valence-corrected chi connectivity index (χ2v) is 2.01. The molecule has 0 aromatic heterocycles. The fourth-order valence-corrected chi connectivity index (χ4v) is 0.680. The zero-order chi connectivity index (χ0) is 9.07. The maximum Gasteiger partial charge on any atom is 3.00 e. The third-order valence-corrected chi connectivity index (χ3v) is 1.17. The van der Waals surface area contributed by atoms with Crippen LogP contribution in [0.4, 0.5) is 0 Å². The number of rotatable bonds is 0. The minimum absolute atomic E-state index is 0. The van der Waals surface area contributed by atoms with E-state index in [-0.39, 0.29) is 19.5 Å². The van der Waals surface area contributed by atoms with Crippen molar-refractivity contribution in [3.05, 3.63) is 55.5 Å². The predicted molar refractivity (Wildman–Crippen MR) is 54.2 cm³/mol.